The number of hydrogen-bond donors (Lipinski definition) is 1. The molecule has 0 saturated carbocycles. The predicted molar refractivity (Wildman–Crippen MR) is 101 cm³/mol. The third-order valence-corrected chi connectivity index (χ3v) is 3.55. The molecule has 0 aromatic heterocycles. The van der Waals surface area contributed by atoms with Crippen LogP contribution in [-0.2, 0) is 4.79 Å². The normalized spacial score (nSPS) is 11.1. The molecule has 1 N–H and O–H groups in total. The molecule has 0 saturated heterocycles. The minimum absolute atomic E-state index is 0.0666. The van der Waals surface area contributed by atoms with E-state index in [1.807, 2.05) is 52.0 Å². The first kappa shape index (κ1) is 19.7. The predicted octanol–water partition coefficient (Wildman–Crippen LogP) is 4.28. The lowest BCUT2D eigenvalue weighted by Crippen LogP contribution is -2.39. The van der Waals surface area contributed by atoms with Crippen molar-refractivity contribution in [3.8, 4) is 17.2 Å². The van der Waals surface area contributed by atoms with Gasteiger partial charge in [-0.25, -0.2) is 0 Å². The standard InChI is InChI=1S/C21H25NO4/c1-14-6-9-17(10-7-14)26-20-12-16(8-11-19(20)25-15(2)23)18(24)13-22-21(3,4)5/h6-12,22H,13H2,1-5H3. The second-order valence-corrected chi connectivity index (χ2v) is 7.20. The van der Waals surface area contributed by atoms with Crippen molar-refractivity contribution in [1.82, 2.24) is 5.32 Å². The smallest absolute Gasteiger partial charge is 0.308 e. The number of ketones is 1. The summed E-state index contributed by atoms with van der Waals surface area (Å²) in [6.07, 6.45) is 0. The molecule has 0 unspecified atom stereocenters. The molecule has 2 aromatic carbocycles. The second-order valence-electron chi connectivity index (χ2n) is 7.20. The highest BCUT2D eigenvalue weighted by Crippen LogP contribution is 2.33. The topological polar surface area (TPSA) is 64.6 Å². The van der Waals surface area contributed by atoms with E-state index in [-0.39, 0.29) is 23.6 Å². The van der Waals surface area contributed by atoms with Gasteiger partial charge in [0.1, 0.15) is 5.75 Å². The van der Waals surface area contributed by atoms with Crippen molar-refractivity contribution >= 4 is 11.8 Å². The Morgan fingerprint density at radius 2 is 1.65 bits per heavy atom. The minimum Gasteiger partial charge on any atom is -0.453 e. The summed E-state index contributed by atoms with van der Waals surface area (Å²) in [4.78, 5) is 23.8. The van der Waals surface area contributed by atoms with E-state index in [0.717, 1.165) is 5.56 Å². The van der Waals surface area contributed by atoms with E-state index in [2.05, 4.69) is 5.32 Å². The summed E-state index contributed by atoms with van der Waals surface area (Å²) in [7, 11) is 0. The van der Waals surface area contributed by atoms with Crippen LogP contribution >= 0.6 is 0 Å². The van der Waals surface area contributed by atoms with E-state index in [0.29, 0.717) is 17.1 Å². The van der Waals surface area contributed by atoms with Gasteiger partial charge in [-0.15, -0.1) is 0 Å². The summed E-state index contributed by atoms with van der Waals surface area (Å²) in [5, 5.41) is 3.17. The van der Waals surface area contributed by atoms with E-state index in [4.69, 9.17) is 9.47 Å². The number of Topliss-reactive ketones (excluding diaryl/α,β-unsaturated/α-hetero) is 1. The van der Waals surface area contributed by atoms with E-state index in [1.54, 1.807) is 18.2 Å². The molecule has 0 radical (unpaired) electrons. The number of aryl methyl sites for hydroxylation is 1. The molecule has 0 fully saturated rings. The Balaban J connectivity index is 2.27. The fraction of sp³-hybridized carbons (Fsp3) is 0.333. The Morgan fingerprint density at radius 3 is 2.23 bits per heavy atom. The van der Waals surface area contributed by atoms with Crippen LogP contribution in [0.25, 0.3) is 0 Å². The second kappa shape index (κ2) is 8.15. The fourth-order valence-corrected chi connectivity index (χ4v) is 2.18. The van der Waals surface area contributed by atoms with Crippen LogP contribution in [-0.4, -0.2) is 23.8 Å². The Hall–Kier alpha value is -2.66. The van der Waals surface area contributed by atoms with Gasteiger partial charge in [-0.3, -0.25) is 9.59 Å². The average molecular weight is 355 g/mol. The molecule has 26 heavy (non-hydrogen) atoms. The first-order valence-electron chi connectivity index (χ1n) is 8.49. The maximum atomic E-state index is 12.4. The van der Waals surface area contributed by atoms with Gasteiger partial charge in [0.2, 0.25) is 0 Å². The highest BCUT2D eigenvalue weighted by Gasteiger charge is 2.16. The molecule has 138 valence electrons. The summed E-state index contributed by atoms with van der Waals surface area (Å²) in [5.74, 6) is 0.681. The minimum atomic E-state index is -0.452. The molecule has 5 nitrogen and oxygen atoms in total. The Labute approximate surface area is 154 Å². The molecule has 0 bridgehead atoms. The molecule has 0 spiro atoms. The zero-order valence-corrected chi connectivity index (χ0v) is 15.9. The third-order valence-electron chi connectivity index (χ3n) is 3.55. The van der Waals surface area contributed by atoms with Crippen LogP contribution < -0.4 is 14.8 Å². The average Bonchev–Trinajstić information content (AvgIpc) is 2.55. The van der Waals surface area contributed by atoms with Gasteiger partial charge in [0, 0.05) is 18.0 Å². The first-order valence-corrected chi connectivity index (χ1v) is 8.49. The van der Waals surface area contributed by atoms with Crippen molar-refractivity contribution in [2.24, 2.45) is 0 Å². The van der Waals surface area contributed by atoms with E-state index >= 15 is 0 Å². The van der Waals surface area contributed by atoms with Gasteiger partial charge < -0.3 is 14.8 Å². The highest BCUT2D eigenvalue weighted by molar-refractivity contribution is 5.98. The first-order chi connectivity index (χ1) is 12.1. The van der Waals surface area contributed by atoms with Gasteiger partial charge in [-0.2, -0.15) is 0 Å². The van der Waals surface area contributed by atoms with Crippen LogP contribution in [0.1, 0.15) is 43.6 Å². The van der Waals surface area contributed by atoms with Gasteiger partial charge in [-0.1, -0.05) is 17.7 Å². The SMILES string of the molecule is CC(=O)Oc1ccc(C(=O)CNC(C)(C)C)cc1Oc1ccc(C)cc1. The lowest BCUT2D eigenvalue weighted by Gasteiger charge is -2.20. The summed E-state index contributed by atoms with van der Waals surface area (Å²) in [6.45, 7) is 9.50. The van der Waals surface area contributed by atoms with Gasteiger partial charge >= 0.3 is 5.97 Å². The van der Waals surface area contributed by atoms with Crippen molar-refractivity contribution in [2.45, 2.75) is 40.2 Å². The molecular weight excluding hydrogens is 330 g/mol. The van der Waals surface area contributed by atoms with Gasteiger partial charge in [0.25, 0.3) is 0 Å². The molecule has 0 heterocycles. The highest BCUT2D eigenvalue weighted by atomic mass is 16.6. The number of carbonyl (C=O) groups excluding carboxylic acids is 2. The molecule has 2 rings (SSSR count). The number of nitrogens with one attached hydrogen (secondary N) is 1. The molecule has 0 atom stereocenters. The number of rotatable bonds is 6. The molecule has 0 aliphatic carbocycles. The van der Waals surface area contributed by atoms with Crippen molar-refractivity contribution < 1.29 is 19.1 Å². The third kappa shape index (κ3) is 6.01. The quantitative estimate of drug-likeness (QED) is 0.476. The number of esters is 1. The van der Waals surface area contributed by atoms with Crippen LogP contribution in [0.15, 0.2) is 42.5 Å². The van der Waals surface area contributed by atoms with E-state index in [9.17, 15) is 9.59 Å². The maximum Gasteiger partial charge on any atom is 0.308 e. The Bertz CT molecular complexity index is 789. The Morgan fingerprint density at radius 1 is 1.00 bits per heavy atom. The van der Waals surface area contributed by atoms with Crippen LogP contribution in [0.2, 0.25) is 0 Å². The monoisotopic (exact) mass is 355 g/mol. The maximum absolute atomic E-state index is 12.4. The number of hydrogen-bond acceptors (Lipinski definition) is 5. The van der Waals surface area contributed by atoms with Crippen LogP contribution in [0.5, 0.6) is 17.2 Å². The van der Waals surface area contributed by atoms with Crippen molar-refractivity contribution in [1.29, 1.82) is 0 Å². The molecule has 0 aliphatic heterocycles. The largest absolute Gasteiger partial charge is 0.453 e. The molecular formula is C21H25NO4. The molecule has 5 heteroatoms. The zero-order chi connectivity index (χ0) is 19.3. The summed E-state index contributed by atoms with van der Waals surface area (Å²) < 4.78 is 11.1. The molecule has 2 aromatic rings. The number of ether oxygens (including phenoxy) is 2. The lowest BCUT2D eigenvalue weighted by molar-refractivity contribution is -0.132. The van der Waals surface area contributed by atoms with E-state index in [1.165, 1.54) is 6.92 Å². The fourth-order valence-electron chi connectivity index (χ4n) is 2.18. The van der Waals surface area contributed by atoms with Crippen molar-refractivity contribution in [3.05, 3.63) is 53.6 Å². The van der Waals surface area contributed by atoms with Gasteiger partial charge in [0.05, 0.1) is 6.54 Å². The van der Waals surface area contributed by atoms with E-state index < -0.39 is 5.97 Å². The number of carbonyl (C=O) groups is 2. The Kier molecular flexibility index (Phi) is 6.16. The summed E-state index contributed by atoms with van der Waals surface area (Å²) in [6, 6.07) is 12.3. The summed E-state index contributed by atoms with van der Waals surface area (Å²) in [5.41, 5.74) is 1.43. The van der Waals surface area contributed by atoms with Crippen molar-refractivity contribution in [2.75, 3.05) is 6.54 Å². The van der Waals surface area contributed by atoms with Crippen LogP contribution in [0, 0.1) is 6.92 Å². The number of benzene rings is 2. The molecule has 0 amide bonds. The summed E-state index contributed by atoms with van der Waals surface area (Å²) >= 11 is 0. The lowest BCUT2D eigenvalue weighted by atomic mass is 10.1. The molecule has 0 aliphatic rings. The zero-order valence-electron chi connectivity index (χ0n) is 15.9. The van der Waals surface area contributed by atoms with Crippen LogP contribution in [0.4, 0.5) is 0 Å². The van der Waals surface area contributed by atoms with Crippen LogP contribution in [0.3, 0.4) is 0 Å². The van der Waals surface area contributed by atoms with Gasteiger partial charge in [-0.05, 0) is 58.0 Å². The van der Waals surface area contributed by atoms with Gasteiger partial charge in [0.15, 0.2) is 17.3 Å². The van der Waals surface area contributed by atoms with Crippen molar-refractivity contribution in [3.63, 3.8) is 0 Å².